The zero-order valence-corrected chi connectivity index (χ0v) is 18.3. The molecule has 0 fully saturated rings. The van der Waals surface area contributed by atoms with Gasteiger partial charge in [-0.1, -0.05) is 29.3 Å². The fourth-order valence-electron chi connectivity index (χ4n) is 3.52. The Hall–Kier alpha value is -1.60. The van der Waals surface area contributed by atoms with E-state index in [0.717, 1.165) is 35.9 Å². The maximum absolute atomic E-state index is 13.0. The SMILES string of the molecule is CCNC(=O)c1c(NC(=O)c2sc3cccc(Cl)c3c2Cl)sc2c1CCCC2. The van der Waals surface area contributed by atoms with Crippen LogP contribution in [0.5, 0.6) is 0 Å². The van der Waals surface area contributed by atoms with Crippen LogP contribution in [-0.2, 0) is 12.8 Å². The zero-order valence-electron chi connectivity index (χ0n) is 15.2. The minimum absolute atomic E-state index is 0.136. The molecule has 0 bridgehead atoms. The van der Waals surface area contributed by atoms with Crippen molar-refractivity contribution >= 4 is 72.8 Å². The molecule has 4 nitrogen and oxygen atoms in total. The van der Waals surface area contributed by atoms with E-state index in [9.17, 15) is 9.59 Å². The van der Waals surface area contributed by atoms with Crippen molar-refractivity contribution in [1.29, 1.82) is 0 Å². The highest BCUT2D eigenvalue weighted by Gasteiger charge is 2.27. The number of carbonyl (C=O) groups is 2. The Balaban J connectivity index is 1.72. The van der Waals surface area contributed by atoms with Crippen LogP contribution in [0.25, 0.3) is 10.1 Å². The van der Waals surface area contributed by atoms with Gasteiger partial charge in [-0.2, -0.15) is 0 Å². The average Bonchev–Trinajstić information content (AvgIpc) is 3.20. The quantitative estimate of drug-likeness (QED) is 0.498. The summed E-state index contributed by atoms with van der Waals surface area (Å²) in [6.45, 7) is 2.42. The van der Waals surface area contributed by atoms with Crippen molar-refractivity contribution in [3.8, 4) is 0 Å². The molecule has 2 heterocycles. The van der Waals surface area contributed by atoms with E-state index in [1.165, 1.54) is 27.6 Å². The molecule has 0 spiro atoms. The summed E-state index contributed by atoms with van der Waals surface area (Å²) in [5.74, 6) is -0.450. The Bertz CT molecular complexity index is 1090. The number of halogens is 2. The summed E-state index contributed by atoms with van der Waals surface area (Å²) < 4.78 is 0.858. The van der Waals surface area contributed by atoms with Crippen LogP contribution in [0.15, 0.2) is 18.2 Å². The third-order valence-corrected chi connectivity index (χ3v) is 7.94. The fraction of sp³-hybridized carbons (Fsp3) is 0.300. The van der Waals surface area contributed by atoms with Gasteiger partial charge >= 0.3 is 0 Å². The normalized spacial score (nSPS) is 13.4. The number of hydrogen-bond acceptors (Lipinski definition) is 4. The number of rotatable bonds is 4. The maximum atomic E-state index is 13.0. The summed E-state index contributed by atoms with van der Waals surface area (Å²) >= 11 is 15.5. The van der Waals surface area contributed by atoms with Gasteiger partial charge in [0.25, 0.3) is 11.8 Å². The van der Waals surface area contributed by atoms with Crippen LogP contribution in [-0.4, -0.2) is 18.4 Å². The first-order valence-electron chi connectivity index (χ1n) is 9.11. The number of aryl methyl sites for hydroxylation is 1. The van der Waals surface area contributed by atoms with Gasteiger partial charge in [-0.3, -0.25) is 9.59 Å². The molecule has 8 heteroatoms. The van der Waals surface area contributed by atoms with E-state index >= 15 is 0 Å². The van der Waals surface area contributed by atoms with Gasteiger partial charge in [-0.15, -0.1) is 22.7 Å². The number of amides is 2. The van der Waals surface area contributed by atoms with Gasteiger partial charge in [0.1, 0.15) is 9.88 Å². The Labute approximate surface area is 180 Å². The molecule has 0 saturated carbocycles. The monoisotopic (exact) mass is 452 g/mol. The average molecular weight is 453 g/mol. The van der Waals surface area contributed by atoms with E-state index in [-0.39, 0.29) is 11.8 Å². The summed E-state index contributed by atoms with van der Waals surface area (Å²) in [5.41, 5.74) is 1.67. The minimum atomic E-state index is -0.314. The molecule has 1 aliphatic rings. The molecular formula is C20H18Cl2N2O2S2. The molecule has 0 atom stereocenters. The van der Waals surface area contributed by atoms with Crippen molar-refractivity contribution in [3.05, 3.63) is 49.1 Å². The van der Waals surface area contributed by atoms with Crippen molar-refractivity contribution in [2.24, 2.45) is 0 Å². The van der Waals surface area contributed by atoms with Crippen molar-refractivity contribution in [1.82, 2.24) is 5.32 Å². The van der Waals surface area contributed by atoms with Gasteiger partial charge in [0, 0.05) is 21.5 Å². The lowest BCUT2D eigenvalue weighted by Gasteiger charge is -2.12. The summed E-state index contributed by atoms with van der Waals surface area (Å²) in [5, 5.41) is 7.97. The first kappa shape index (κ1) is 19.7. The lowest BCUT2D eigenvalue weighted by Crippen LogP contribution is -2.25. The van der Waals surface area contributed by atoms with E-state index in [4.69, 9.17) is 23.2 Å². The van der Waals surface area contributed by atoms with Crippen LogP contribution >= 0.6 is 45.9 Å². The van der Waals surface area contributed by atoms with Crippen molar-refractivity contribution < 1.29 is 9.59 Å². The largest absolute Gasteiger partial charge is 0.352 e. The molecule has 1 aliphatic carbocycles. The van der Waals surface area contributed by atoms with E-state index < -0.39 is 0 Å². The first-order valence-corrected chi connectivity index (χ1v) is 11.5. The Morgan fingerprint density at radius 1 is 1.11 bits per heavy atom. The number of benzene rings is 1. The number of nitrogens with one attached hydrogen (secondary N) is 2. The summed E-state index contributed by atoms with van der Waals surface area (Å²) in [4.78, 5) is 27.3. The minimum Gasteiger partial charge on any atom is -0.352 e. The van der Waals surface area contributed by atoms with Crippen LogP contribution < -0.4 is 10.6 Å². The van der Waals surface area contributed by atoms with Gasteiger partial charge in [0.2, 0.25) is 0 Å². The number of thiophene rings is 2. The Kier molecular flexibility index (Phi) is 5.65. The molecule has 0 saturated heterocycles. The second-order valence-corrected chi connectivity index (χ2v) is 9.53. The molecule has 146 valence electrons. The lowest BCUT2D eigenvalue weighted by molar-refractivity contribution is 0.0956. The maximum Gasteiger partial charge on any atom is 0.267 e. The van der Waals surface area contributed by atoms with E-state index in [2.05, 4.69) is 10.6 Å². The number of hydrogen-bond donors (Lipinski definition) is 2. The molecule has 4 rings (SSSR count). The van der Waals surface area contributed by atoms with Gasteiger partial charge in [-0.05, 0) is 50.3 Å². The van der Waals surface area contributed by atoms with Crippen LogP contribution in [0.1, 0.15) is 50.2 Å². The smallest absolute Gasteiger partial charge is 0.267 e. The van der Waals surface area contributed by atoms with Crippen LogP contribution in [0.2, 0.25) is 10.0 Å². The van der Waals surface area contributed by atoms with Gasteiger partial charge in [-0.25, -0.2) is 0 Å². The molecule has 0 aliphatic heterocycles. The molecule has 0 unspecified atom stereocenters. The zero-order chi connectivity index (χ0) is 19.8. The van der Waals surface area contributed by atoms with Crippen LogP contribution in [0.4, 0.5) is 5.00 Å². The molecule has 2 N–H and O–H groups in total. The van der Waals surface area contributed by atoms with Gasteiger partial charge in [0.15, 0.2) is 0 Å². The van der Waals surface area contributed by atoms with Crippen molar-refractivity contribution in [3.63, 3.8) is 0 Å². The fourth-order valence-corrected chi connectivity index (χ4v) is 6.65. The number of anilines is 1. The topological polar surface area (TPSA) is 58.2 Å². The van der Waals surface area contributed by atoms with E-state index in [1.54, 1.807) is 6.07 Å². The van der Waals surface area contributed by atoms with Gasteiger partial charge < -0.3 is 10.6 Å². The second kappa shape index (κ2) is 8.03. The van der Waals surface area contributed by atoms with Crippen LogP contribution in [0, 0.1) is 0 Å². The standard InChI is InChI=1S/C20H18Cl2N2O2S2/c1-2-23-18(25)14-10-6-3-4-8-12(10)28-20(14)24-19(26)17-16(22)15-11(21)7-5-9-13(15)27-17/h5,7,9H,2-4,6,8H2,1H3,(H,23,25)(H,24,26). The third-order valence-electron chi connectivity index (χ3n) is 4.78. The Morgan fingerprint density at radius 3 is 2.64 bits per heavy atom. The second-order valence-electron chi connectivity index (χ2n) is 6.59. The van der Waals surface area contributed by atoms with E-state index in [1.807, 2.05) is 19.1 Å². The van der Waals surface area contributed by atoms with Crippen molar-refractivity contribution in [2.45, 2.75) is 32.6 Å². The molecule has 2 aromatic heterocycles. The highest BCUT2D eigenvalue weighted by atomic mass is 35.5. The third kappa shape index (κ3) is 3.43. The first-order chi connectivity index (χ1) is 13.5. The highest BCUT2D eigenvalue weighted by Crippen LogP contribution is 2.41. The van der Waals surface area contributed by atoms with E-state index in [0.29, 0.717) is 37.4 Å². The predicted octanol–water partition coefficient (Wildman–Crippen LogP) is 6.15. The summed E-state index contributed by atoms with van der Waals surface area (Å²) in [6, 6.07) is 5.48. The molecular weight excluding hydrogens is 435 g/mol. The summed E-state index contributed by atoms with van der Waals surface area (Å²) in [7, 11) is 0. The highest BCUT2D eigenvalue weighted by molar-refractivity contribution is 7.22. The Morgan fingerprint density at radius 2 is 1.89 bits per heavy atom. The molecule has 1 aromatic carbocycles. The molecule has 28 heavy (non-hydrogen) atoms. The van der Waals surface area contributed by atoms with Gasteiger partial charge in [0.05, 0.1) is 15.6 Å². The molecule has 3 aromatic rings. The molecule has 2 amide bonds. The lowest BCUT2D eigenvalue weighted by atomic mass is 9.95. The number of carbonyl (C=O) groups excluding carboxylic acids is 2. The predicted molar refractivity (Wildman–Crippen MR) is 119 cm³/mol. The summed E-state index contributed by atoms with van der Waals surface area (Å²) in [6.07, 6.45) is 3.98. The van der Waals surface area contributed by atoms with Crippen molar-refractivity contribution in [2.75, 3.05) is 11.9 Å². The molecule has 0 radical (unpaired) electrons. The van der Waals surface area contributed by atoms with Crippen LogP contribution in [0.3, 0.4) is 0 Å². The number of fused-ring (bicyclic) bond motifs is 2.